The molecule has 1 N–H and O–H groups in total. The van der Waals surface area contributed by atoms with Crippen LogP contribution in [0, 0.1) is 22.6 Å². The summed E-state index contributed by atoms with van der Waals surface area (Å²) in [5.41, 5.74) is -0.486. The molecule has 0 atom stereocenters. The number of halogens is 1. The average Bonchev–Trinajstić information content (AvgIpc) is 2.37. The topological polar surface area (TPSA) is 70.3 Å². The van der Waals surface area contributed by atoms with Crippen molar-refractivity contribution in [3.05, 3.63) is 29.6 Å². The predicted octanol–water partition coefficient (Wildman–Crippen LogP) is 3.62. The normalized spacial score (nSPS) is 10.9. The van der Waals surface area contributed by atoms with Gasteiger partial charge in [-0.2, -0.15) is 5.26 Å². The molecule has 4 nitrogen and oxygen atoms in total. The van der Waals surface area contributed by atoms with Crippen LogP contribution in [-0.2, 0) is 0 Å². The van der Waals surface area contributed by atoms with Gasteiger partial charge in [-0.3, -0.25) is 0 Å². The fourth-order valence-corrected chi connectivity index (χ4v) is 1.68. The van der Waals surface area contributed by atoms with E-state index >= 15 is 0 Å². The number of ether oxygens (including phenoxy) is 1. The number of nitrogens with zero attached hydrogens (tertiary/aromatic N) is 1. The molecule has 0 unspecified atom stereocenters. The third kappa shape index (κ3) is 5.27. The molecule has 0 aliphatic carbocycles. The van der Waals surface area contributed by atoms with Gasteiger partial charge < -0.3 is 9.84 Å². The minimum Gasteiger partial charge on any atom is -0.493 e. The second kappa shape index (κ2) is 6.90. The van der Waals surface area contributed by atoms with Gasteiger partial charge in [-0.15, -0.1) is 0 Å². The van der Waals surface area contributed by atoms with E-state index in [1.807, 2.05) is 13.8 Å². The van der Waals surface area contributed by atoms with Crippen LogP contribution in [0.3, 0.4) is 0 Å². The molecule has 5 heteroatoms. The maximum absolute atomic E-state index is 13.2. The molecule has 0 fully saturated rings. The van der Waals surface area contributed by atoms with Gasteiger partial charge in [0.15, 0.2) is 0 Å². The molecule has 0 saturated carbocycles. The number of nitriles is 1. The van der Waals surface area contributed by atoms with E-state index < -0.39 is 11.8 Å². The summed E-state index contributed by atoms with van der Waals surface area (Å²) in [6, 6.07) is 5.63. The van der Waals surface area contributed by atoms with Gasteiger partial charge in [-0.25, -0.2) is 9.18 Å². The van der Waals surface area contributed by atoms with Gasteiger partial charge in [0.2, 0.25) is 0 Å². The highest BCUT2D eigenvalue weighted by molar-refractivity contribution is 5.88. The van der Waals surface area contributed by atoms with Gasteiger partial charge in [0.05, 0.1) is 23.7 Å². The van der Waals surface area contributed by atoms with E-state index in [1.165, 1.54) is 6.07 Å². The summed E-state index contributed by atoms with van der Waals surface area (Å²) in [4.78, 5) is 10.8. The van der Waals surface area contributed by atoms with Crippen LogP contribution in [-0.4, -0.2) is 17.7 Å². The summed E-state index contributed by atoms with van der Waals surface area (Å²) >= 11 is 0. The Morgan fingerprint density at radius 3 is 2.70 bits per heavy atom. The van der Waals surface area contributed by atoms with E-state index in [0.717, 1.165) is 31.4 Å². The fraction of sp³-hybridized carbons (Fsp3) is 0.467. The Morgan fingerprint density at radius 1 is 1.40 bits per heavy atom. The first-order chi connectivity index (χ1) is 9.34. The van der Waals surface area contributed by atoms with Gasteiger partial charge in [0, 0.05) is 6.07 Å². The van der Waals surface area contributed by atoms with Crippen LogP contribution in [0.2, 0.25) is 0 Å². The quantitative estimate of drug-likeness (QED) is 0.774. The molecule has 0 aliphatic rings. The monoisotopic (exact) mass is 279 g/mol. The van der Waals surface area contributed by atoms with Crippen LogP contribution in [0.4, 0.5) is 4.39 Å². The first kappa shape index (κ1) is 16.0. The number of carbonyl (C=O) groups is 1. The fourth-order valence-electron chi connectivity index (χ4n) is 1.68. The van der Waals surface area contributed by atoms with Crippen molar-refractivity contribution in [2.75, 3.05) is 6.61 Å². The SMILES string of the molecule is CC(C)(C#N)CCCCOc1cc(F)cc(C(=O)O)c1. The predicted molar refractivity (Wildman–Crippen MR) is 72.1 cm³/mol. The van der Waals surface area contributed by atoms with Gasteiger partial charge in [0.1, 0.15) is 11.6 Å². The summed E-state index contributed by atoms with van der Waals surface area (Å²) < 4.78 is 18.5. The smallest absolute Gasteiger partial charge is 0.335 e. The third-order valence-electron chi connectivity index (χ3n) is 2.89. The molecular formula is C15H18FNO3. The number of aromatic carboxylic acids is 1. The van der Waals surface area contributed by atoms with Crippen LogP contribution in [0.5, 0.6) is 5.75 Å². The van der Waals surface area contributed by atoms with Gasteiger partial charge in [-0.1, -0.05) is 0 Å². The molecular weight excluding hydrogens is 261 g/mol. The van der Waals surface area contributed by atoms with Gasteiger partial charge in [0.25, 0.3) is 0 Å². The van der Waals surface area contributed by atoms with Crippen LogP contribution < -0.4 is 4.74 Å². The highest BCUT2D eigenvalue weighted by Gasteiger charge is 2.15. The first-order valence-corrected chi connectivity index (χ1v) is 6.42. The Labute approximate surface area is 117 Å². The van der Waals surface area contributed by atoms with E-state index in [2.05, 4.69) is 6.07 Å². The highest BCUT2D eigenvalue weighted by Crippen LogP contribution is 2.22. The number of hydrogen-bond donors (Lipinski definition) is 1. The zero-order valence-electron chi connectivity index (χ0n) is 11.6. The molecule has 0 heterocycles. The van der Waals surface area contributed by atoms with Crippen LogP contribution >= 0.6 is 0 Å². The summed E-state index contributed by atoms with van der Waals surface area (Å²) in [5.74, 6) is -1.61. The Kier molecular flexibility index (Phi) is 5.51. The number of carboxylic acids is 1. The lowest BCUT2D eigenvalue weighted by molar-refractivity contribution is 0.0695. The molecule has 0 saturated heterocycles. The maximum Gasteiger partial charge on any atom is 0.335 e. The van der Waals surface area contributed by atoms with Crippen molar-refractivity contribution in [1.29, 1.82) is 5.26 Å². The Morgan fingerprint density at radius 2 is 2.10 bits per heavy atom. The number of carboxylic acid groups (broad SMARTS) is 1. The summed E-state index contributed by atoms with van der Waals surface area (Å²) in [6.07, 6.45) is 2.31. The number of hydrogen-bond acceptors (Lipinski definition) is 3. The van der Waals surface area contributed by atoms with Crippen molar-refractivity contribution in [3.8, 4) is 11.8 Å². The van der Waals surface area contributed by atoms with Crippen molar-refractivity contribution in [2.24, 2.45) is 5.41 Å². The number of benzene rings is 1. The van der Waals surface area contributed by atoms with Crippen molar-refractivity contribution < 1.29 is 19.0 Å². The lowest BCUT2D eigenvalue weighted by Gasteiger charge is -2.14. The Hall–Kier alpha value is -2.09. The van der Waals surface area contributed by atoms with E-state index in [0.29, 0.717) is 6.61 Å². The summed E-state index contributed by atoms with van der Waals surface area (Å²) in [6.45, 7) is 4.11. The molecule has 108 valence electrons. The van der Waals surface area contributed by atoms with Gasteiger partial charge >= 0.3 is 5.97 Å². The minimum absolute atomic E-state index is 0.134. The van der Waals surface area contributed by atoms with E-state index in [4.69, 9.17) is 15.1 Å². The molecule has 0 aromatic heterocycles. The standard InChI is InChI=1S/C15H18FNO3/c1-15(2,10-17)5-3-4-6-20-13-8-11(14(18)19)7-12(16)9-13/h7-9H,3-6H2,1-2H3,(H,18,19). The zero-order valence-corrected chi connectivity index (χ0v) is 11.6. The van der Waals surface area contributed by atoms with Crippen LogP contribution in [0.25, 0.3) is 0 Å². The molecule has 0 radical (unpaired) electrons. The second-order valence-electron chi connectivity index (χ2n) is 5.28. The summed E-state index contributed by atoms with van der Waals surface area (Å²) in [7, 11) is 0. The van der Waals surface area contributed by atoms with Crippen molar-refractivity contribution in [3.63, 3.8) is 0 Å². The molecule has 0 spiro atoms. The van der Waals surface area contributed by atoms with Crippen molar-refractivity contribution in [2.45, 2.75) is 33.1 Å². The van der Waals surface area contributed by atoms with Crippen molar-refractivity contribution >= 4 is 5.97 Å². The first-order valence-electron chi connectivity index (χ1n) is 6.42. The van der Waals surface area contributed by atoms with Gasteiger partial charge in [-0.05, 0) is 45.2 Å². The molecule has 1 rings (SSSR count). The van der Waals surface area contributed by atoms with E-state index in [-0.39, 0.29) is 16.7 Å². The molecule has 0 aliphatic heterocycles. The number of unbranched alkanes of at least 4 members (excludes halogenated alkanes) is 1. The molecule has 0 bridgehead atoms. The highest BCUT2D eigenvalue weighted by atomic mass is 19.1. The molecule has 1 aromatic carbocycles. The third-order valence-corrected chi connectivity index (χ3v) is 2.89. The average molecular weight is 279 g/mol. The lowest BCUT2D eigenvalue weighted by atomic mass is 9.89. The number of rotatable bonds is 7. The minimum atomic E-state index is -1.19. The zero-order chi connectivity index (χ0) is 15.2. The molecule has 20 heavy (non-hydrogen) atoms. The molecule has 0 amide bonds. The largest absolute Gasteiger partial charge is 0.493 e. The van der Waals surface area contributed by atoms with E-state index in [1.54, 1.807) is 0 Å². The Bertz CT molecular complexity index is 520. The Balaban J connectivity index is 2.43. The summed E-state index contributed by atoms with van der Waals surface area (Å²) in [5, 5.41) is 17.7. The van der Waals surface area contributed by atoms with E-state index in [9.17, 15) is 9.18 Å². The molecule has 1 aromatic rings. The van der Waals surface area contributed by atoms with Crippen LogP contribution in [0.1, 0.15) is 43.5 Å². The van der Waals surface area contributed by atoms with Crippen LogP contribution in [0.15, 0.2) is 18.2 Å². The van der Waals surface area contributed by atoms with Crippen molar-refractivity contribution in [1.82, 2.24) is 0 Å². The second-order valence-corrected chi connectivity index (χ2v) is 5.28. The lowest BCUT2D eigenvalue weighted by Crippen LogP contribution is -2.08. The maximum atomic E-state index is 13.2.